The molecule has 1 aromatic heterocycles. The Kier molecular flexibility index (Phi) is 13.4. The summed E-state index contributed by atoms with van der Waals surface area (Å²) in [4.78, 5) is 31.6. The number of H-pyrrole nitrogens is 1. The fourth-order valence-electron chi connectivity index (χ4n) is 5.28. The van der Waals surface area contributed by atoms with Crippen LogP contribution in [0.3, 0.4) is 0 Å². The predicted octanol–water partition coefficient (Wildman–Crippen LogP) is 9.26. The number of aromatic amines is 1. The molecule has 4 rings (SSSR count). The van der Waals surface area contributed by atoms with E-state index in [9.17, 15) is 14.7 Å². The van der Waals surface area contributed by atoms with Gasteiger partial charge in [-0.15, -0.1) is 0 Å². The molecule has 7 heteroatoms. The smallest absolute Gasteiger partial charge is 0.328 e. The summed E-state index contributed by atoms with van der Waals surface area (Å²) >= 11 is 0. The van der Waals surface area contributed by atoms with E-state index < -0.39 is 5.97 Å². The molecular formula is C39H45N3O4. The first-order chi connectivity index (χ1) is 22.4. The number of hydrogen-bond acceptors (Lipinski definition) is 4. The molecule has 46 heavy (non-hydrogen) atoms. The van der Waals surface area contributed by atoms with Gasteiger partial charge >= 0.3 is 5.97 Å². The molecule has 240 valence electrons. The highest BCUT2D eigenvalue weighted by atomic mass is 16.4. The van der Waals surface area contributed by atoms with E-state index in [4.69, 9.17) is 10.1 Å². The number of amides is 1. The number of carboxylic acids is 1. The number of aromatic nitrogens is 2. The Morgan fingerprint density at radius 2 is 1.22 bits per heavy atom. The minimum absolute atomic E-state index is 0.0858. The summed E-state index contributed by atoms with van der Waals surface area (Å²) < 4.78 is 0. The molecule has 0 saturated heterocycles. The Morgan fingerprint density at radius 3 is 1.80 bits per heavy atom. The minimum Gasteiger partial charge on any atom is -0.508 e. The number of hydrogen-bond donors (Lipinski definition) is 4. The zero-order valence-corrected chi connectivity index (χ0v) is 26.7. The number of carbonyl (C=O) groups is 2. The molecule has 0 unspecified atom stereocenters. The second-order valence-corrected chi connectivity index (χ2v) is 11.6. The van der Waals surface area contributed by atoms with Gasteiger partial charge in [0.05, 0.1) is 11.4 Å². The number of imidazole rings is 1. The van der Waals surface area contributed by atoms with Crippen molar-refractivity contribution in [1.82, 2.24) is 15.3 Å². The molecule has 7 nitrogen and oxygen atoms in total. The van der Waals surface area contributed by atoms with Crippen LogP contribution in [0.5, 0.6) is 5.75 Å². The van der Waals surface area contributed by atoms with E-state index in [0.717, 1.165) is 58.1 Å². The van der Waals surface area contributed by atoms with Gasteiger partial charge in [-0.05, 0) is 54.0 Å². The Balaban J connectivity index is 1.35. The van der Waals surface area contributed by atoms with E-state index in [1.54, 1.807) is 24.3 Å². The van der Waals surface area contributed by atoms with E-state index in [1.807, 2.05) is 66.7 Å². The summed E-state index contributed by atoms with van der Waals surface area (Å²) in [7, 11) is 0. The van der Waals surface area contributed by atoms with Crippen LogP contribution in [0.15, 0.2) is 84.9 Å². The third-order valence-electron chi connectivity index (χ3n) is 7.90. The quantitative estimate of drug-likeness (QED) is 0.0654. The van der Waals surface area contributed by atoms with Gasteiger partial charge < -0.3 is 20.5 Å². The molecular weight excluding hydrogens is 574 g/mol. The molecule has 0 spiro atoms. The molecule has 0 bridgehead atoms. The predicted molar refractivity (Wildman–Crippen MR) is 187 cm³/mol. The Morgan fingerprint density at radius 1 is 0.696 bits per heavy atom. The lowest BCUT2D eigenvalue weighted by molar-refractivity contribution is -0.131. The maximum atomic E-state index is 12.4. The lowest BCUT2D eigenvalue weighted by atomic mass is 10.0. The molecule has 0 radical (unpaired) electrons. The third-order valence-corrected chi connectivity index (χ3v) is 7.90. The molecule has 0 aliphatic rings. The maximum Gasteiger partial charge on any atom is 0.328 e. The molecule has 0 fully saturated rings. The Bertz CT molecular complexity index is 1580. The Labute approximate surface area is 272 Å². The van der Waals surface area contributed by atoms with Gasteiger partial charge in [0.15, 0.2) is 0 Å². The van der Waals surface area contributed by atoms with E-state index >= 15 is 0 Å². The zero-order chi connectivity index (χ0) is 32.6. The molecule has 4 N–H and O–H groups in total. The summed E-state index contributed by atoms with van der Waals surface area (Å²) in [6.45, 7) is 2.94. The number of carboxylic acid groups (broad SMARTS) is 1. The summed E-state index contributed by atoms with van der Waals surface area (Å²) in [5.41, 5.74) is 5.85. The summed E-state index contributed by atoms with van der Waals surface area (Å²) in [6.07, 6.45) is 18.7. The van der Waals surface area contributed by atoms with Crippen LogP contribution in [0.2, 0.25) is 0 Å². The lowest BCUT2D eigenvalue weighted by Crippen LogP contribution is -2.21. The molecule has 1 heterocycles. The fourth-order valence-corrected chi connectivity index (χ4v) is 5.28. The van der Waals surface area contributed by atoms with Crippen molar-refractivity contribution in [3.8, 4) is 39.7 Å². The number of rotatable bonds is 18. The molecule has 4 aromatic rings. The number of benzene rings is 3. The molecule has 1 amide bonds. The van der Waals surface area contributed by atoms with Gasteiger partial charge in [0.1, 0.15) is 11.6 Å². The molecule has 0 aliphatic heterocycles. The molecule has 0 atom stereocenters. The lowest BCUT2D eigenvalue weighted by Gasteiger charge is -2.05. The number of phenolic OH excluding ortho intramolecular Hbond substituents is 1. The van der Waals surface area contributed by atoms with E-state index in [-0.39, 0.29) is 11.7 Å². The van der Waals surface area contributed by atoms with Gasteiger partial charge in [0, 0.05) is 35.4 Å². The second kappa shape index (κ2) is 18.2. The highest BCUT2D eigenvalue weighted by Crippen LogP contribution is 2.34. The molecule has 3 aromatic carbocycles. The summed E-state index contributed by atoms with van der Waals surface area (Å²) in [5, 5.41) is 21.7. The van der Waals surface area contributed by atoms with Crippen LogP contribution in [-0.4, -0.2) is 38.6 Å². The van der Waals surface area contributed by atoms with Crippen molar-refractivity contribution in [2.24, 2.45) is 0 Å². The Hall–Kier alpha value is -4.91. The average molecular weight is 620 g/mol. The van der Waals surface area contributed by atoms with Crippen LogP contribution in [0.25, 0.3) is 46.1 Å². The van der Waals surface area contributed by atoms with Crippen LogP contribution in [-0.2, 0) is 9.59 Å². The van der Waals surface area contributed by atoms with Gasteiger partial charge in [0.25, 0.3) is 0 Å². The van der Waals surface area contributed by atoms with Crippen molar-refractivity contribution >= 4 is 24.0 Å². The van der Waals surface area contributed by atoms with E-state index in [2.05, 4.69) is 17.2 Å². The van der Waals surface area contributed by atoms with Crippen LogP contribution >= 0.6 is 0 Å². The van der Waals surface area contributed by atoms with Crippen LogP contribution in [0, 0.1) is 0 Å². The number of phenols is 1. The normalized spacial score (nSPS) is 11.4. The number of aliphatic carboxylic acids is 1. The van der Waals surface area contributed by atoms with Crippen molar-refractivity contribution in [2.45, 2.75) is 71.1 Å². The van der Waals surface area contributed by atoms with E-state index in [1.165, 1.54) is 51.4 Å². The fraction of sp³-hybridized carbons (Fsp3) is 0.308. The number of unbranched alkanes of at least 4 members (excludes halogenated alkanes) is 9. The standard InChI is InChI=1S/C39H45N3O4/c1-2-3-4-5-6-7-8-9-10-11-28-40-35(44)26-16-29-12-18-31(19-13-29)37-38(32-22-24-34(43)25-23-32)42-39(41-37)33-20-14-30(15-21-33)17-27-36(45)46/h12-27,43H,2-11,28H2,1H3,(H,40,44)(H,41,42)(H,45,46). The van der Waals surface area contributed by atoms with Gasteiger partial charge in [0.2, 0.25) is 5.91 Å². The molecule has 0 aliphatic carbocycles. The zero-order valence-electron chi connectivity index (χ0n) is 26.7. The highest BCUT2D eigenvalue weighted by molar-refractivity contribution is 5.92. The minimum atomic E-state index is -0.998. The van der Waals surface area contributed by atoms with Crippen LogP contribution in [0.4, 0.5) is 0 Å². The van der Waals surface area contributed by atoms with Crippen molar-refractivity contribution in [3.63, 3.8) is 0 Å². The van der Waals surface area contributed by atoms with Crippen LogP contribution in [0.1, 0.15) is 82.3 Å². The van der Waals surface area contributed by atoms with Crippen molar-refractivity contribution < 1.29 is 19.8 Å². The first-order valence-electron chi connectivity index (χ1n) is 16.4. The first-order valence-corrected chi connectivity index (χ1v) is 16.4. The van der Waals surface area contributed by atoms with Gasteiger partial charge in [-0.2, -0.15) is 0 Å². The first kappa shape index (κ1) is 34.0. The topological polar surface area (TPSA) is 115 Å². The molecule has 0 saturated carbocycles. The average Bonchev–Trinajstić information content (AvgIpc) is 3.51. The largest absolute Gasteiger partial charge is 0.508 e. The number of nitrogens with zero attached hydrogens (tertiary/aromatic N) is 1. The number of nitrogens with one attached hydrogen (secondary N) is 2. The summed E-state index contributed by atoms with van der Waals surface area (Å²) in [5.74, 6) is -0.246. The highest BCUT2D eigenvalue weighted by Gasteiger charge is 2.15. The third kappa shape index (κ3) is 10.9. The van der Waals surface area contributed by atoms with E-state index in [0.29, 0.717) is 12.4 Å². The van der Waals surface area contributed by atoms with Crippen LogP contribution < -0.4 is 5.32 Å². The summed E-state index contributed by atoms with van der Waals surface area (Å²) in [6, 6.07) is 22.3. The maximum absolute atomic E-state index is 12.4. The second-order valence-electron chi connectivity index (χ2n) is 11.6. The van der Waals surface area contributed by atoms with Crippen molar-refractivity contribution in [2.75, 3.05) is 6.54 Å². The van der Waals surface area contributed by atoms with Crippen molar-refractivity contribution in [1.29, 1.82) is 0 Å². The van der Waals surface area contributed by atoms with Crippen molar-refractivity contribution in [3.05, 3.63) is 96.1 Å². The number of carbonyl (C=O) groups excluding carboxylic acids is 1. The SMILES string of the molecule is CCCCCCCCCCCCNC(=O)C=Cc1ccc(-c2[nH]c(-c3ccc(C=CC(=O)O)cc3)nc2-c2ccc(O)cc2)cc1. The van der Waals surface area contributed by atoms with Gasteiger partial charge in [-0.25, -0.2) is 9.78 Å². The monoisotopic (exact) mass is 619 g/mol. The number of aromatic hydroxyl groups is 1. The van der Waals surface area contributed by atoms with Gasteiger partial charge in [-0.3, -0.25) is 4.79 Å². The van der Waals surface area contributed by atoms with Gasteiger partial charge in [-0.1, -0.05) is 113 Å².